The van der Waals surface area contributed by atoms with Crippen LogP contribution in [0.2, 0.25) is 0 Å². The summed E-state index contributed by atoms with van der Waals surface area (Å²) in [7, 11) is 3.47. The van der Waals surface area contributed by atoms with E-state index < -0.39 is 0 Å². The molecule has 4 rings (SSSR count). The molecule has 1 amide bonds. The maximum absolute atomic E-state index is 12.8. The molecular formula is C22H20N4O3. The first-order valence-electron chi connectivity index (χ1n) is 9.07. The van der Waals surface area contributed by atoms with E-state index in [1.54, 1.807) is 37.8 Å². The lowest BCUT2D eigenvalue weighted by atomic mass is 10.1. The number of hydrogen-bond donors (Lipinski definition) is 1. The van der Waals surface area contributed by atoms with Crippen LogP contribution in [0.25, 0.3) is 11.0 Å². The predicted molar refractivity (Wildman–Crippen MR) is 110 cm³/mol. The lowest BCUT2D eigenvalue weighted by Gasteiger charge is -2.12. The molecule has 4 aromatic rings. The molecule has 0 aliphatic rings. The third kappa shape index (κ3) is 4.03. The highest BCUT2D eigenvalue weighted by Crippen LogP contribution is 2.29. The van der Waals surface area contributed by atoms with Gasteiger partial charge in [0.15, 0.2) is 11.5 Å². The number of nitrogens with zero attached hydrogens (tertiary/aromatic N) is 3. The number of carbonyl (C=O) groups excluding carboxylic acids is 1. The lowest BCUT2D eigenvalue weighted by Crippen LogP contribution is -2.12. The topological polar surface area (TPSA) is 78.3 Å². The van der Waals surface area contributed by atoms with Crippen molar-refractivity contribution in [1.82, 2.24) is 14.5 Å². The molecule has 1 N–H and O–H groups in total. The predicted octanol–water partition coefficient (Wildman–Crippen LogP) is 3.81. The first-order chi connectivity index (χ1) is 14.1. The molecule has 0 bridgehead atoms. The van der Waals surface area contributed by atoms with Crippen molar-refractivity contribution in [1.29, 1.82) is 0 Å². The van der Waals surface area contributed by atoms with Crippen LogP contribution in [-0.2, 0) is 13.7 Å². The molecule has 0 saturated carbocycles. The maximum Gasteiger partial charge on any atom is 0.255 e. The van der Waals surface area contributed by atoms with Crippen LogP contribution >= 0.6 is 0 Å². The van der Waals surface area contributed by atoms with Crippen LogP contribution in [0.1, 0.15) is 16.1 Å². The average Bonchev–Trinajstić information content (AvgIpc) is 3.13. The van der Waals surface area contributed by atoms with Gasteiger partial charge in [0, 0.05) is 24.5 Å². The summed E-state index contributed by atoms with van der Waals surface area (Å²) in [6, 6.07) is 16.3. The Labute approximate surface area is 167 Å². The molecule has 7 heteroatoms. The van der Waals surface area contributed by atoms with Crippen LogP contribution in [0.5, 0.6) is 11.5 Å². The van der Waals surface area contributed by atoms with Gasteiger partial charge >= 0.3 is 0 Å². The Morgan fingerprint density at radius 2 is 1.97 bits per heavy atom. The van der Waals surface area contributed by atoms with Crippen molar-refractivity contribution in [2.24, 2.45) is 7.05 Å². The van der Waals surface area contributed by atoms with Gasteiger partial charge in [0.2, 0.25) is 0 Å². The van der Waals surface area contributed by atoms with E-state index in [1.165, 1.54) is 0 Å². The second-order valence-electron chi connectivity index (χ2n) is 6.49. The Hall–Kier alpha value is -3.87. The molecule has 0 aliphatic heterocycles. The number of nitrogens with one attached hydrogen (secondary N) is 1. The fourth-order valence-electron chi connectivity index (χ4n) is 2.97. The number of carbonyl (C=O) groups is 1. The molecule has 2 aromatic carbocycles. The summed E-state index contributed by atoms with van der Waals surface area (Å²) in [5, 5.41) is 2.92. The molecule has 2 heterocycles. The summed E-state index contributed by atoms with van der Waals surface area (Å²) in [6.45, 7) is 0.277. The van der Waals surface area contributed by atoms with Gasteiger partial charge in [-0.2, -0.15) is 0 Å². The molecule has 146 valence electrons. The largest absolute Gasteiger partial charge is 0.493 e. The SMILES string of the molecule is COc1ccc(C(=O)Nc2ccc3ncn(C)c3c2)cc1OCc1ccccn1. The Balaban J connectivity index is 1.53. The van der Waals surface area contributed by atoms with Crippen LogP contribution in [0.15, 0.2) is 67.1 Å². The summed E-state index contributed by atoms with van der Waals surface area (Å²) >= 11 is 0. The van der Waals surface area contributed by atoms with Gasteiger partial charge in [-0.1, -0.05) is 6.07 Å². The number of ether oxygens (including phenoxy) is 2. The minimum absolute atomic E-state index is 0.239. The van der Waals surface area contributed by atoms with Gasteiger partial charge < -0.3 is 19.4 Å². The maximum atomic E-state index is 12.8. The van der Waals surface area contributed by atoms with Gasteiger partial charge in [0.1, 0.15) is 6.61 Å². The molecule has 29 heavy (non-hydrogen) atoms. The summed E-state index contributed by atoms with van der Waals surface area (Å²) < 4.78 is 13.1. The molecule has 0 fully saturated rings. The summed E-state index contributed by atoms with van der Waals surface area (Å²) in [5.74, 6) is 0.790. The number of benzene rings is 2. The first-order valence-corrected chi connectivity index (χ1v) is 9.07. The van der Waals surface area contributed by atoms with E-state index in [-0.39, 0.29) is 12.5 Å². The van der Waals surface area contributed by atoms with Crippen LogP contribution in [0.4, 0.5) is 5.69 Å². The zero-order valence-electron chi connectivity index (χ0n) is 16.1. The number of aryl methyl sites for hydroxylation is 1. The molecule has 0 unspecified atom stereocenters. The van der Waals surface area contributed by atoms with Crippen molar-refractivity contribution in [2.45, 2.75) is 6.61 Å². The number of hydrogen-bond acceptors (Lipinski definition) is 5. The summed E-state index contributed by atoms with van der Waals surface area (Å²) in [5.41, 5.74) is 3.76. The molecule has 7 nitrogen and oxygen atoms in total. The Bertz CT molecular complexity index is 1160. The van der Waals surface area contributed by atoms with E-state index in [0.717, 1.165) is 16.7 Å². The number of fused-ring (bicyclic) bond motifs is 1. The van der Waals surface area contributed by atoms with E-state index in [4.69, 9.17) is 9.47 Å². The smallest absolute Gasteiger partial charge is 0.255 e. The van der Waals surface area contributed by atoms with E-state index in [9.17, 15) is 4.79 Å². The van der Waals surface area contributed by atoms with Crippen LogP contribution < -0.4 is 14.8 Å². The summed E-state index contributed by atoms with van der Waals surface area (Å²) in [6.07, 6.45) is 3.45. The normalized spacial score (nSPS) is 10.7. The minimum atomic E-state index is -0.239. The van der Waals surface area contributed by atoms with E-state index in [2.05, 4.69) is 15.3 Å². The third-order valence-electron chi connectivity index (χ3n) is 4.51. The highest BCUT2D eigenvalue weighted by molar-refractivity contribution is 6.05. The highest BCUT2D eigenvalue weighted by atomic mass is 16.5. The van der Waals surface area contributed by atoms with E-state index >= 15 is 0 Å². The number of methoxy groups -OCH3 is 1. The summed E-state index contributed by atoms with van der Waals surface area (Å²) in [4.78, 5) is 21.3. The molecule has 2 aromatic heterocycles. The molecule has 0 radical (unpaired) electrons. The third-order valence-corrected chi connectivity index (χ3v) is 4.51. The monoisotopic (exact) mass is 388 g/mol. The quantitative estimate of drug-likeness (QED) is 0.543. The number of rotatable bonds is 6. The van der Waals surface area contributed by atoms with Crippen LogP contribution in [0.3, 0.4) is 0 Å². The van der Waals surface area contributed by atoms with Crippen molar-refractivity contribution in [3.63, 3.8) is 0 Å². The van der Waals surface area contributed by atoms with E-state index in [1.807, 2.05) is 48.0 Å². The Morgan fingerprint density at radius 3 is 2.76 bits per heavy atom. The molecular weight excluding hydrogens is 368 g/mol. The first kappa shape index (κ1) is 18.5. The van der Waals surface area contributed by atoms with Crippen molar-refractivity contribution < 1.29 is 14.3 Å². The van der Waals surface area contributed by atoms with Crippen LogP contribution in [0, 0.1) is 0 Å². The number of imidazole rings is 1. The standard InChI is InChI=1S/C22H20N4O3/c1-26-14-24-18-8-7-16(12-19(18)26)25-22(27)15-6-9-20(28-2)21(11-15)29-13-17-5-3-4-10-23-17/h3-12,14H,13H2,1-2H3,(H,25,27). The fraction of sp³-hybridized carbons (Fsp3) is 0.136. The minimum Gasteiger partial charge on any atom is -0.493 e. The lowest BCUT2D eigenvalue weighted by molar-refractivity contribution is 0.102. The molecule has 0 spiro atoms. The van der Waals surface area contributed by atoms with Crippen molar-refractivity contribution >= 4 is 22.6 Å². The number of pyridine rings is 1. The number of aromatic nitrogens is 3. The van der Waals surface area contributed by atoms with Gasteiger partial charge in [-0.25, -0.2) is 4.98 Å². The average molecular weight is 388 g/mol. The van der Waals surface area contributed by atoms with Gasteiger partial charge in [0.05, 0.1) is 30.2 Å². The Kier molecular flexibility index (Phi) is 5.11. The Morgan fingerprint density at radius 1 is 1.07 bits per heavy atom. The fourth-order valence-corrected chi connectivity index (χ4v) is 2.97. The van der Waals surface area contributed by atoms with Gasteiger partial charge in [-0.15, -0.1) is 0 Å². The molecule has 0 aliphatic carbocycles. The van der Waals surface area contributed by atoms with Gasteiger partial charge in [0.25, 0.3) is 5.91 Å². The zero-order valence-corrected chi connectivity index (χ0v) is 16.1. The number of amides is 1. The second kappa shape index (κ2) is 8.02. The van der Waals surface area contributed by atoms with Gasteiger partial charge in [-0.3, -0.25) is 9.78 Å². The van der Waals surface area contributed by atoms with E-state index in [0.29, 0.717) is 22.7 Å². The van der Waals surface area contributed by atoms with Crippen LogP contribution in [-0.4, -0.2) is 27.6 Å². The number of anilines is 1. The van der Waals surface area contributed by atoms with Gasteiger partial charge in [-0.05, 0) is 48.5 Å². The zero-order chi connectivity index (χ0) is 20.2. The van der Waals surface area contributed by atoms with Crippen molar-refractivity contribution in [2.75, 3.05) is 12.4 Å². The highest BCUT2D eigenvalue weighted by Gasteiger charge is 2.13. The second-order valence-corrected chi connectivity index (χ2v) is 6.49. The van der Waals surface area contributed by atoms with Crippen molar-refractivity contribution in [3.05, 3.63) is 78.4 Å². The van der Waals surface area contributed by atoms with Crippen molar-refractivity contribution in [3.8, 4) is 11.5 Å². The molecule has 0 atom stereocenters. The molecule has 0 saturated heterocycles.